The molecule has 0 radical (unpaired) electrons. The summed E-state index contributed by atoms with van der Waals surface area (Å²) >= 11 is 1.81. The Morgan fingerprint density at radius 3 is 2.79 bits per heavy atom. The summed E-state index contributed by atoms with van der Waals surface area (Å²) in [6.45, 7) is 3.17. The summed E-state index contributed by atoms with van der Waals surface area (Å²) in [7, 11) is 1.27. The summed E-state index contributed by atoms with van der Waals surface area (Å²) in [6, 6.07) is 0.271. The lowest BCUT2D eigenvalue weighted by atomic mass is 9.95. The van der Waals surface area contributed by atoms with E-state index in [0.717, 1.165) is 61.8 Å². The molecular formula is C18H27N5O5S. The lowest BCUT2D eigenvalue weighted by molar-refractivity contribution is -0.141. The van der Waals surface area contributed by atoms with E-state index in [4.69, 9.17) is 4.42 Å². The largest absolute Gasteiger partial charge is 0.468 e. The molecular weight excluding hydrogens is 398 g/mol. The molecule has 0 saturated carbocycles. The van der Waals surface area contributed by atoms with Gasteiger partial charge in [0.2, 0.25) is 11.8 Å². The van der Waals surface area contributed by atoms with Crippen LogP contribution in [-0.4, -0.2) is 88.5 Å². The van der Waals surface area contributed by atoms with Crippen LogP contribution in [0.2, 0.25) is 0 Å². The zero-order chi connectivity index (χ0) is 20.4. The highest BCUT2D eigenvalue weighted by atomic mass is 32.2. The maximum atomic E-state index is 12.6. The highest BCUT2D eigenvalue weighted by Crippen LogP contribution is 2.29. The van der Waals surface area contributed by atoms with Gasteiger partial charge in [-0.15, -0.1) is 16.9 Å². The lowest BCUT2D eigenvalue weighted by Crippen LogP contribution is -2.42. The number of likely N-dealkylation sites (tertiary alicyclic amines) is 1. The van der Waals surface area contributed by atoms with Crippen LogP contribution in [0.3, 0.4) is 0 Å². The first-order valence-electron chi connectivity index (χ1n) is 10.0. The van der Waals surface area contributed by atoms with Gasteiger partial charge in [0, 0.05) is 30.8 Å². The standard InChI is InChI=1S/C18H27N5O5S/c1-27-15(24)10-23-18(26)28-16(20-23)12-2-4-21(5-3-12)13-8-14(19-9-13)17(25)22-6-7-29-11-22/h12-14,19H,2-11H2,1H3/t13-,14-/m0/s1. The van der Waals surface area contributed by atoms with Crippen LogP contribution in [0.1, 0.15) is 31.1 Å². The van der Waals surface area contributed by atoms with E-state index in [0.29, 0.717) is 11.9 Å². The number of nitrogens with zero attached hydrogens (tertiary/aromatic N) is 4. The van der Waals surface area contributed by atoms with Gasteiger partial charge in [0.15, 0.2) is 0 Å². The van der Waals surface area contributed by atoms with Crippen LogP contribution >= 0.6 is 11.8 Å². The zero-order valence-corrected chi connectivity index (χ0v) is 17.4. The number of esters is 1. The highest BCUT2D eigenvalue weighted by Gasteiger charge is 2.37. The summed E-state index contributed by atoms with van der Waals surface area (Å²) in [5.41, 5.74) is 0. The van der Waals surface area contributed by atoms with Crippen LogP contribution in [0.5, 0.6) is 0 Å². The van der Waals surface area contributed by atoms with Gasteiger partial charge in [0.25, 0.3) is 0 Å². The SMILES string of the molecule is COC(=O)Cn1nc(C2CCN([C@@H]3CN[C@H](C(=O)N4CCSC4)C3)CC2)oc1=O. The van der Waals surface area contributed by atoms with E-state index in [2.05, 4.69) is 20.1 Å². The van der Waals surface area contributed by atoms with Gasteiger partial charge in [0.1, 0.15) is 6.54 Å². The van der Waals surface area contributed by atoms with Crippen LogP contribution in [0.4, 0.5) is 0 Å². The van der Waals surface area contributed by atoms with Crippen molar-refractivity contribution in [3.05, 3.63) is 16.4 Å². The van der Waals surface area contributed by atoms with Gasteiger partial charge in [-0.05, 0) is 32.4 Å². The number of nitrogens with one attached hydrogen (secondary N) is 1. The monoisotopic (exact) mass is 425 g/mol. The van der Waals surface area contributed by atoms with Crippen LogP contribution in [-0.2, 0) is 20.9 Å². The maximum Gasteiger partial charge on any atom is 0.437 e. The average Bonchev–Trinajstić information content (AvgIpc) is 3.49. The molecule has 0 aliphatic carbocycles. The number of carbonyl (C=O) groups excluding carboxylic acids is 2. The number of aromatic nitrogens is 2. The number of ether oxygens (including phenoxy) is 1. The molecule has 1 amide bonds. The minimum atomic E-state index is -0.630. The van der Waals surface area contributed by atoms with Gasteiger partial charge < -0.3 is 19.4 Å². The van der Waals surface area contributed by atoms with E-state index in [9.17, 15) is 14.4 Å². The van der Waals surface area contributed by atoms with Crippen molar-refractivity contribution in [2.24, 2.45) is 0 Å². The summed E-state index contributed by atoms with van der Waals surface area (Å²) in [4.78, 5) is 40.2. The van der Waals surface area contributed by atoms with Crippen LogP contribution in [0.25, 0.3) is 0 Å². The topological polar surface area (TPSA) is 110 Å². The molecule has 4 rings (SSSR count). The Bertz CT molecular complexity index is 797. The fraction of sp³-hybridized carbons (Fsp3) is 0.778. The molecule has 3 aliphatic rings. The Labute approximate surface area is 172 Å². The van der Waals surface area contributed by atoms with Crippen molar-refractivity contribution in [3.8, 4) is 0 Å². The zero-order valence-electron chi connectivity index (χ0n) is 16.5. The van der Waals surface area contributed by atoms with E-state index in [-0.39, 0.29) is 24.4 Å². The predicted octanol–water partition coefficient (Wildman–Crippen LogP) is -0.548. The maximum absolute atomic E-state index is 12.6. The molecule has 11 heteroatoms. The van der Waals surface area contributed by atoms with Crippen molar-refractivity contribution in [3.63, 3.8) is 0 Å². The smallest absolute Gasteiger partial charge is 0.437 e. The quantitative estimate of drug-likeness (QED) is 0.622. The fourth-order valence-electron chi connectivity index (χ4n) is 4.28. The number of carbonyl (C=O) groups is 2. The molecule has 0 bridgehead atoms. The second-order valence-electron chi connectivity index (χ2n) is 7.74. The van der Waals surface area contributed by atoms with E-state index in [1.165, 1.54) is 7.11 Å². The molecule has 4 heterocycles. The van der Waals surface area contributed by atoms with Crippen molar-refractivity contribution in [1.82, 2.24) is 24.9 Å². The van der Waals surface area contributed by atoms with E-state index in [1.54, 1.807) is 11.8 Å². The Kier molecular flexibility index (Phi) is 6.26. The van der Waals surface area contributed by atoms with Gasteiger partial charge in [-0.25, -0.2) is 4.79 Å². The molecule has 3 fully saturated rings. The number of methoxy groups -OCH3 is 1. The Balaban J connectivity index is 1.29. The third-order valence-corrected chi connectivity index (χ3v) is 6.96. The second-order valence-corrected chi connectivity index (χ2v) is 8.81. The Hall–Kier alpha value is -1.85. The van der Waals surface area contributed by atoms with Crippen molar-refractivity contribution >= 4 is 23.6 Å². The molecule has 10 nitrogen and oxygen atoms in total. The normalized spacial score (nSPS) is 26.2. The third kappa shape index (κ3) is 4.51. The molecule has 3 saturated heterocycles. The molecule has 160 valence electrons. The van der Waals surface area contributed by atoms with Crippen molar-refractivity contribution in [2.45, 2.75) is 43.8 Å². The molecule has 0 unspecified atom stereocenters. The molecule has 1 aromatic rings. The molecule has 0 spiro atoms. The van der Waals surface area contributed by atoms with Crippen LogP contribution in [0, 0.1) is 0 Å². The second kappa shape index (κ2) is 8.88. The average molecular weight is 426 g/mol. The van der Waals surface area contributed by atoms with E-state index >= 15 is 0 Å². The van der Waals surface area contributed by atoms with Gasteiger partial charge in [-0.2, -0.15) is 4.68 Å². The number of thioether (sulfide) groups is 1. The van der Waals surface area contributed by atoms with Gasteiger partial charge in [0.05, 0.1) is 19.0 Å². The molecule has 29 heavy (non-hydrogen) atoms. The van der Waals surface area contributed by atoms with Gasteiger partial charge in [-0.3, -0.25) is 14.5 Å². The number of hydrogen-bond acceptors (Lipinski definition) is 9. The van der Waals surface area contributed by atoms with Crippen molar-refractivity contribution in [1.29, 1.82) is 0 Å². The minimum Gasteiger partial charge on any atom is -0.468 e. The van der Waals surface area contributed by atoms with Gasteiger partial charge >= 0.3 is 11.7 Å². The first-order valence-corrected chi connectivity index (χ1v) is 11.2. The van der Waals surface area contributed by atoms with Crippen LogP contribution < -0.4 is 11.1 Å². The Morgan fingerprint density at radius 1 is 1.31 bits per heavy atom. The highest BCUT2D eigenvalue weighted by molar-refractivity contribution is 7.99. The van der Waals surface area contributed by atoms with Crippen LogP contribution in [0.15, 0.2) is 9.21 Å². The summed E-state index contributed by atoms with van der Waals surface area (Å²) < 4.78 is 10.9. The summed E-state index contributed by atoms with van der Waals surface area (Å²) in [5, 5.41) is 7.57. The van der Waals surface area contributed by atoms with E-state index in [1.807, 2.05) is 4.90 Å². The minimum absolute atomic E-state index is 0.0614. The number of rotatable bonds is 5. The fourth-order valence-corrected chi connectivity index (χ4v) is 5.23. The number of piperidine rings is 1. The number of amides is 1. The van der Waals surface area contributed by atoms with Gasteiger partial charge in [-0.1, -0.05) is 0 Å². The predicted molar refractivity (Wildman–Crippen MR) is 106 cm³/mol. The molecule has 1 N–H and O–H groups in total. The van der Waals surface area contributed by atoms with E-state index < -0.39 is 11.7 Å². The molecule has 0 aromatic carbocycles. The Morgan fingerprint density at radius 2 is 2.10 bits per heavy atom. The number of hydrogen-bond donors (Lipinski definition) is 1. The summed E-state index contributed by atoms with van der Waals surface area (Å²) in [5.74, 6) is 1.35. The van der Waals surface area contributed by atoms with Crippen molar-refractivity contribution in [2.75, 3.05) is 44.9 Å². The lowest BCUT2D eigenvalue weighted by Gasteiger charge is -2.34. The summed E-state index contributed by atoms with van der Waals surface area (Å²) in [6.07, 6.45) is 2.50. The molecule has 2 atom stereocenters. The third-order valence-electron chi connectivity index (χ3n) is 5.99. The first-order chi connectivity index (χ1) is 14.0. The molecule has 1 aromatic heterocycles. The first kappa shape index (κ1) is 20.4. The van der Waals surface area contributed by atoms with Crippen molar-refractivity contribution < 1.29 is 18.7 Å². The molecule has 3 aliphatic heterocycles.